The molecule has 8 aromatic carbocycles. The number of phenolic OH excluding ortho intramolecular Hbond substituents is 3. The van der Waals surface area contributed by atoms with Crippen LogP contribution in [-0.4, -0.2) is 27.5 Å². The maximum Gasteiger partial charge on any atom is 0.215 e. The lowest BCUT2D eigenvalue weighted by molar-refractivity contribution is 0.306. The number of methoxy groups -OCH3 is 1. The molecule has 57 heavy (non-hydrogen) atoms. The van der Waals surface area contributed by atoms with Gasteiger partial charge in [0.2, 0.25) is 9.03 Å². The number of ether oxygens (including phenoxy) is 1. The summed E-state index contributed by atoms with van der Waals surface area (Å²) in [5.41, 5.74) is 5.52. The van der Waals surface area contributed by atoms with Gasteiger partial charge in [0, 0.05) is 34.2 Å². The van der Waals surface area contributed by atoms with E-state index in [1.54, 1.807) is 30.3 Å². The average molecular weight is 771 g/mol. The second-order valence-corrected chi connectivity index (χ2v) is 14.1. The van der Waals surface area contributed by atoms with Gasteiger partial charge >= 0.3 is 0 Å². The van der Waals surface area contributed by atoms with Crippen molar-refractivity contribution < 1.29 is 34.2 Å². The van der Waals surface area contributed by atoms with Crippen LogP contribution in [0.1, 0.15) is 28.7 Å². The molecular weight excluding hydrogens is 732 g/mol. The monoisotopic (exact) mass is 770 g/mol. The van der Waals surface area contributed by atoms with Crippen molar-refractivity contribution in [3.8, 4) is 39.9 Å². The van der Waals surface area contributed by atoms with Gasteiger partial charge in [-0.15, -0.1) is 0 Å². The van der Waals surface area contributed by atoms with Crippen molar-refractivity contribution in [2.24, 2.45) is 0 Å². The minimum absolute atomic E-state index is 0.0573. The smallest absolute Gasteiger partial charge is 0.215 e. The lowest BCUT2D eigenvalue weighted by Crippen LogP contribution is -1.97. The Labute approximate surface area is 331 Å². The van der Waals surface area contributed by atoms with Crippen molar-refractivity contribution in [1.29, 1.82) is 0 Å². The highest BCUT2D eigenvalue weighted by molar-refractivity contribution is 7.26. The molecule has 1 unspecified atom stereocenters. The van der Waals surface area contributed by atoms with Crippen LogP contribution in [0.3, 0.4) is 0 Å². The number of hydrogen-bond donors (Lipinski definition) is 4. The Kier molecular flexibility index (Phi) is 10.8. The molecule has 8 heteroatoms. The zero-order valence-corrected chi connectivity index (χ0v) is 32.0. The van der Waals surface area contributed by atoms with Gasteiger partial charge in [-0.1, -0.05) is 140 Å². The minimum atomic E-state index is -0.318. The van der Waals surface area contributed by atoms with E-state index in [9.17, 15) is 20.4 Å². The largest absolute Gasteiger partial charge is 0.511 e. The van der Waals surface area contributed by atoms with Crippen molar-refractivity contribution in [1.82, 2.24) is 0 Å². The summed E-state index contributed by atoms with van der Waals surface area (Å²) in [6.07, 6.45) is 4.41. The van der Waals surface area contributed by atoms with Gasteiger partial charge in [0.25, 0.3) is 0 Å². The van der Waals surface area contributed by atoms with E-state index in [-0.39, 0.29) is 38.6 Å². The van der Waals surface area contributed by atoms with Gasteiger partial charge in [-0.3, -0.25) is 0 Å². The normalized spacial score (nSPS) is 12.4. The van der Waals surface area contributed by atoms with Gasteiger partial charge < -0.3 is 34.2 Å². The number of fused-ring (bicyclic) bond motifs is 4. The first-order chi connectivity index (χ1) is 27.9. The number of rotatable bonds is 8. The summed E-state index contributed by atoms with van der Waals surface area (Å²) in [5.74, 6) is 1.71. The number of phenols is 3. The number of aliphatic hydroxyl groups excluding tert-OH is 1. The number of aromatic hydroxyl groups is 3. The molecule has 1 aliphatic carbocycles. The first kappa shape index (κ1) is 37.1. The van der Waals surface area contributed by atoms with E-state index in [4.69, 9.17) is 13.8 Å². The number of aliphatic hydroxyl groups is 1. The zero-order valence-electron chi connectivity index (χ0n) is 31.0. The third-order valence-electron chi connectivity index (χ3n) is 10.1. The predicted molar refractivity (Wildman–Crippen MR) is 231 cm³/mol. The summed E-state index contributed by atoms with van der Waals surface area (Å²) < 4.78 is 17.0. The summed E-state index contributed by atoms with van der Waals surface area (Å²) in [4.78, 5) is 0. The van der Waals surface area contributed by atoms with Crippen molar-refractivity contribution in [3.63, 3.8) is 0 Å². The van der Waals surface area contributed by atoms with Crippen LogP contribution in [0.15, 0.2) is 163 Å². The molecule has 0 radical (unpaired) electrons. The van der Waals surface area contributed by atoms with E-state index < -0.39 is 0 Å². The Morgan fingerprint density at radius 2 is 1.12 bits per heavy atom. The lowest BCUT2D eigenvalue weighted by Gasteiger charge is -2.17. The molecule has 282 valence electrons. The van der Waals surface area contributed by atoms with Crippen molar-refractivity contribution in [3.05, 3.63) is 186 Å². The average Bonchev–Trinajstić information content (AvgIpc) is 3.41. The molecule has 0 spiro atoms. The summed E-state index contributed by atoms with van der Waals surface area (Å²) >= 11 is 0. The second-order valence-electron chi connectivity index (χ2n) is 13.5. The number of benzene rings is 8. The van der Waals surface area contributed by atoms with Gasteiger partial charge in [0.1, 0.15) is 23.0 Å². The Morgan fingerprint density at radius 1 is 0.544 bits per heavy atom. The van der Waals surface area contributed by atoms with Crippen molar-refractivity contribution in [2.75, 3.05) is 7.11 Å². The minimum Gasteiger partial charge on any atom is -0.511 e. The van der Waals surface area contributed by atoms with Crippen LogP contribution in [0.5, 0.6) is 28.7 Å². The molecule has 0 fully saturated rings. The van der Waals surface area contributed by atoms with E-state index >= 15 is 0 Å². The summed E-state index contributed by atoms with van der Waals surface area (Å²) in [6, 6.07) is 48.2. The van der Waals surface area contributed by atoms with E-state index in [1.165, 1.54) is 7.11 Å². The topological polar surface area (TPSA) is 109 Å². The summed E-state index contributed by atoms with van der Waals surface area (Å²) in [6.45, 7) is 0.171. The Bertz CT molecular complexity index is 2830. The Hall–Kier alpha value is -6.79. The lowest BCUT2D eigenvalue weighted by atomic mass is 9.89. The fourth-order valence-electron chi connectivity index (χ4n) is 7.37. The van der Waals surface area contributed by atoms with Crippen LogP contribution >= 0.6 is 9.03 Å². The maximum absolute atomic E-state index is 10.9. The van der Waals surface area contributed by atoms with Crippen LogP contribution in [0, 0.1) is 0 Å². The third kappa shape index (κ3) is 7.47. The van der Waals surface area contributed by atoms with E-state index in [2.05, 4.69) is 0 Å². The summed E-state index contributed by atoms with van der Waals surface area (Å²) in [7, 11) is 1.19. The molecule has 9 rings (SSSR count). The highest BCUT2D eigenvalue weighted by atomic mass is 31.1. The molecule has 0 amide bonds. The standard InChI is InChI=1S/C28H23O5P.C21H16O2/c1-31-25-12-6-9-20(28(25)30)17-32-34-33-24-16-14-19-8-3-5-11-22(19)27(24)26-21-10-4-2-7-18(21)13-15-23(26)29;22-18-11-5-8-14-6-1-3-9-16(14)20(18)21-17-10-4-2-7-15(17)12-13-19(21)23/h2-16,29-30,34H,17H2,1H3;1-10,12-13,22-23H,11H2. The molecule has 1 aliphatic rings. The number of para-hydroxylation sites is 1. The van der Waals surface area contributed by atoms with Gasteiger partial charge in [0.15, 0.2) is 11.5 Å². The molecule has 0 saturated heterocycles. The molecule has 7 nitrogen and oxygen atoms in total. The van der Waals surface area contributed by atoms with Crippen molar-refractivity contribution >= 4 is 53.0 Å². The fraction of sp³-hybridized carbons (Fsp3) is 0.0612. The first-order valence-corrected chi connectivity index (χ1v) is 19.2. The molecule has 0 bridgehead atoms. The maximum atomic E-state index is 10.9. The molecule has 4 N–H and O–H groups in total. The molecule has 0 aromatic heterocycles. The quantitative estimate of drug-likeness (QED) is 0.0900. The van der Waals surface area contributed by atoms with E-state index in [1.807, 2.05) is 133 Å². The van der Waals surface area contributed by atoms with E-state index in [0.29, 0.717) is 34.6 Å². The molecule has 0 saturated carbocycles. The van der Waals surface area contributed by atoms with Gasteiger partial charge in [0.05, 0.1) is 13.7 Å². The molecular formula is C49H39O7P. The summed E-state index contributed by atoms with van der Waals surface area (Å²) in [5, 5.41) is 48.3. The van der Waals surface area contributed by atoms with Crippen LogP contribution in [0.25, 0.3) is 55.1 Å². The van der Waals surface area contributed by atoms with Crippen LogP contribution in [0.4, 0.5) is 0 Å². The SMILES string of the molecule is COc1cccc(COPOc2ccc3ccccc3c2-c2c(O)ccc3ccccc23)c1O.OC1=C(c2c(O)ccc3ccccc23)c2ccccc2C=CC1. The number of hydrogen-bond acceptors (Lipinski definition) is 7. The van der Waals surface area contributed by atoms with Gasteiger partial charge in [-0.05, 0) is 67.7 Å². The molecule has 0 heterocycles. The highest BCUT2D eigenvalue weighted by Gasteiger charge is 2.21. The zero-order chi connectivity index (χ0) is 39.3. The Morgan fingerprint density at radius 3 is 1.81 bits per heavy atom. The van der Waals surface area contributed by atoms with E-state index in [0.717, 1.165) is 54.6 Å². The predicted octanol–water partition coefficient (Wildman–Crippen LogP) is 12.5. The highest BCUT2D eigenvalue weighted by Crippen LogP contribution is 2.47. The fourth-order valence-corrected chi connectivity index (χ4v) is 7.91. The number of allylic oxidation sites excluding steroid dienone is 1. The van der Waals surface area contributed by atoms with Gasteiger partial charge in [-0.2, -0.15) is 0 Å². The first-order valence-electron chi connectivity index (χ1n) is 18.4. The Balaban J connectivity index is 0.000000172. The molecule has 8 aromatic rings. The second kappa shape index (κ2) is 16.5. The molecule has 0 aliphatic heterocycles. The van der Waals surface area contributed by atoms with Crippen LogP contribution < -0.4 is 9.26 Å². The van der Waals surface area contributed by atoms with Crippen LogP contribution in [-0.2, 0) is 11.1 Å². The molecule has 1 atom stereocenters. The van der Waals surface area contributed by atoms with Crippen LogP contribution in [0.2, 0.25) is 0 Å². The van der Waals surface area contributed by atoms with Gasteiger partial charge in [-0.25, -0.2) is 0 Å². The third-order valence-corrected chi connectivity index (χ3v) is 10.6. The van der Waals surface area contributed by atoms with Crippen molar-refractivity contribution in [2.45, 2.75) is 13.0 Å².